The summed E-state index contributed by atoms with van der Waals surface area (Å²) in [5, 5.41) is 18.9. The fourth-order valence-electron chi connectivity index (χ4n) is 2.55. The fourth-order valence-corrected chi connectivity index (χ4v) is 2.55. The average molecular weight is 315 g/mol. The lowest BCUT2D eigenvalue weighted by Crippen LogP contribution is -2.48. The predicted molar refractivity (Wildman–Crippen MR) is 85.9 cm³/mol. The molecule has 1 saturated heterocycles. The Morgan fingerprint density at radius 3 is 2.70 bits per heavy atom. The van der Waals surface area contributed by atoms with E-state index in [-0.39, 0.29) is 5.91 Å². The van der Waals surface area contributed by atoms with Crippen LogP contribution in [0, 0.1) is 11.8 Å². The van der Waals surface area contributed by atoms with E-state index in [0.717, 1.165) is 12.8 Å². The summed E-state index contributed by atoms with van der Waals surface area (Å²) < 4.78 is 0. The first kappa shape index (κ1) is 17.0. The third-order valence-corrected chi connectivity index (χ3v) is 3.67. The Kier molecular flexibility index (Phi) is 5.07. The molecule has 1 aliphatic rings. The maximum atomic E-state index is 12.6. The molecule has 1 aromatic carbocycles. The number of carbonyl (C=O) groups excluding carboxylic acids is 1. The summed E-state index contributed by atoms with van der Waals surface area (Å²) in [6.45, 7) is 3.62. The van der Waals surface area contributed by atoms with E-state index in [1.54, 1.807) is 38.1 Å². The lowest BCUT2D eigenvalue weighted by atomic mass is 10.0. The molecular weight excluding hydrogens is 294 g/mol. The van der Waals surface area contributed by atoms with Gasteiger partial charge in [0, 0.05) is 17.7 Å². The molecule has 5 heteroatoms. The quantitative estimate of drug-likeness (QED) is 0.817. The zero-order valence-corrected chi connectivity index (χ0v) is 13.4. The Balaban J connectivity index is 2.25. The number of aliphatic carboxylic acids is 1. The van der Waals surface area contributed by atoms with Crippen LogP contribution in [-0.2, 0) is 4.79 Å². The Hall–Kier alpha value is -2.32. The Bertz CT molecular complexity index is 664. The molecule has 0 saturated carbocycles. The third-order valence-electron chi connectivity index (χ3n) is 3.67. The van der Waals surface area contributed by atoms with Crippen LogP contribution in [0.3, 0.4) is 0 Å². The number of benzene rings is 1. The molecule has 0 unspecified atom stereocenters. The molecule has 1 amide bonds. The number of amides is 1. The standard InChI is InChI=1S/C18H21NO4/c1-18(2,23)10-9-13-6-5-7-14(12-13)16(20)19-11-4-3-8-15(19)17(21)22/h5-7,12,15,23H,3-4,8,11H2,1-2H3,(H,21,22)/t15-/m0/s1. The highest BCUT2D eigenvalue weighted by Gasteiger charge is 2.32. The van der Waals surface area contributed by atoms with Crippen molar-refractivity contribution in [1.82, 2.24) is 4.90 Å². The van der Waals surface area contributed by atoms with Crippen molar-refractivity contribution in [3.63, 3.8) is 0 Å². The first-order valence-corrected chi connectivity index (χ1v) is 7.67. The molecule has 0 aliphatic carbocycles. The third kappa shape index (κ3) is 4.57. The Morgan fingerprint density at radius 2 is 2.04 bits per heavy atom. The minimum Gasteiger partial charge on any atom is -0.480 e. The molecule has 1 fully saturated rings. The second-order valence-electron chi connectivity index (χ2n) is 6.24. The highest BCUT2D eigenvalue weighted by Crippen LogP contribution is 2.20. The van der Waals surface area contributed by atoms with Crippen LogP contribution in [0.15, 0.2) is 24.3 Å². The van der Waals surface area contributed by atoms with Gasteiger partial charge < -0.3 is 15.1 Å². The molecule has 122 valence electrons. The van der Waals surface area contributed by atoms with Crippen LogP contribution in [-0.4, -0.2) is 45.2 Å². The maximum Gasteiger partial charge on any atom is 0.326 e. The van der Waals surface area contributed by atoms with Crippen molar-refractivity contribution in [2.24, 2.45) is 0 Å². The van der Waals surface area contributed by atoms with E-state index >= 15 is 0 Å². The van der Waals surface area contributed by atoms with Gasteiger partial charge in [0.15, 0.2) is 0 Å². The summed E-state index contributed by atoms with van der Waals surface area (Å²) in [6, 6.07) is 5.99. The van der Waals surface area contributed by atoms with E-state index < -0.39 is 17.6 Å². The van der Waals surface area contributed by atoms with Crippen LogP contribution in [0.4, 0.5) is 0 Å². The van der Waals surface area contributed by atoms with E-state index in [1.165, 1.54) is 4.90 Å². The van der Waals surface area contributed by atoms with Gasteiger partial charge >= 0.3 is 5.97 Å². The molecule has 0 spiro atoms. The monoisotopic (exact) mass is 315 g/mol. The first-order chi connectivity index (χ1) is 10.8. The van der Waals surface area contributed by atoms with Crippen molar-refractivity contribution >= 4 is 11.9 Å². The van der Waals surface area contributed by atoms with Gasteiger partial charge in [-0.05, 0) is 51.3 Å². The van der Waals surface area contributed by atoms with Crippen molar-refractivity contribution in [2.75, 3.05) is 6.54 Å². The van der Waals surface area contributed by atoms with Gasteiger partial charge in [-0.15, -0.1) is 0 Å². The van der Waals surface area contributed by atoms with Crippen LogP contribution < -0.4 is 0 Å². The molecule has 23 heavy (non-hydrogen) atoms. The van der Waals surface area contributed by atoms with Gasteiger partial charge in [-0.25, -0.2) is 4.79 Å². The van der Waals surface area contributed by atoms with E-state index in [9.17, 15) is 19.8 Å². The fraction of sp³-hybridized carbons (Fsp3) is 0.444. The molecular formula is C18H21NO4. The summed E-state index contributed by atoms with van der Waals surface area (Å²) in [6.07, 6.45) is 2.12. The number of aliphatic hydroxyl groups is 1. The van der Waals surface area contributed by atoms with Gasteiger partial charge in [0.25, 0.3) is 5.91 Å². The molecule has 2 N–H and O–H groups in total. The van der Waals surface area contributed by atoms with Crippen LogP contribution >= 0.6 is 0 Å². The number of rotatable bonds is 2. The number of hydrogen-bond donors (Lipinski definition) is 2. The van der Waals surface area contributed by atoms with E-state index in [2.05, 4.69) is 11.8 Å². The Labute approximate surface area is 135 Å². The smallest absolute Gasteiger partial charge is 0.326 e. The zero-order valence-electron chi connectivity index (χ0n) is 13.4. The van der Waals surface area contributed by atoms with Crippen LogP contribution in [0.1, 0.15) is 49.0 Å². The van der Waals surface area contributed by atoms with Crippen molar-refractivity contribution < 1.29 is 19.8 Å². The summed E-state index contributed by atoms with van der Waals surface area (Å²) in [4.78, 5) is 25.4. The van der Waals surface area contributed by atoms with E-state index in [4.69, 9.17) is 0 Å². The van der Waals surface area contributed by atoms with Gasteiger partial charge in [-0.2, -0.15) is 0 Å². The normalized spacial score (nSPS) is 18.0. The molecule has 5 nitrogen and oxygen atoms in total. The largest absolute Gasteiger partial charge is 0.480 e. The number of piperidine rings is 1. The van der Waals surface area contributed by atoms with Gasteiger partial charge in [-0.1, -0.05) is 17.9 Å². The molecule has 1 heterocycles. The highest BCUT2D eigenvalue weighted by atomic mass is 16.4. The summed E-state index contributed by atoms with van der Waals surface area (Å²) >= 11 is 0. The highest BCUT2D eigenvalue weighted by molar-refractivity contribution is 5.97. The molecule has 0 radical (unpaired) electrons. The number of carbonyl (C=O) groups is 2. The van der Waals surface area contributed by atoms with E-state index in [0.29, 0.717) is 24.1 Å². The first-order valence-electron chi connectivity index (χ1n) is 7.67. The summed E-state index contributed by atoms with van der Waals surface area (Å²) in [7, 11) is 0. The lowest BCUT2D eigenvalue weighted by Gasteiger charge is -2.33. The SMILES string of the molecule is CC(C)(O)C#Cc1cccc(C(=O)N2CCCC[C@H]2C(=O)O)c1. The lowest BCUT2D eigenvalue weighted by molar-refractivity contribution is -0.143. The average Bonchev–Trinajstić information content (AvgIpc) is 2.52. The van der Waals surface area contributed by atoms with Crippen molar-refractivity contribution in [3.05, 3.63) is 35.4 Å². The van der Waals surface area contributed by atoms with Crippen molar-refractivity contribution in [2.45, 2.75) is 44.8 Å². The molecule has 1 aliphatic heterocycles. The molecule has 0 aromatic heterocycles. The molecule has 1 atom stereocenters. The predicted octanol–water partition coefficient (Wildman–Crippen LogP) is 1.89. The maximum absolute atomic E-state index is 12.6. The zero-order chi connectivity index (χ0) is 17.0. The minimum absolute atomic E-state index is 0.288. The minimum atomic E-state index is -1.11. The summed E-state index contributed by atoms with van der Waals surface area (Å²) in [5.74, 6) is 4.28. The van der Waals surface area contributed by atoms with Gasteiger partial charge in [0.2, 0.25) is 0 Å². The van der Waals surface area contributed by atoms with Crippen molar-refractivity contribution in [3.8, 4) is 11.8 Å². The number of hydrogen-bond acceptors (Lipinski definition) is 3. The molecule has 2 rings (SSSR count). The number of likely N-dealkylation sites (tertiary alicyclic amines) is 1. The second kappa shape index (κ2) is 6.84. The van der Waals surface area contributed by atoms with Gasteiger partial charge in [0.05, 0.1) is 0 Å². The number of nitrogens with zero attached hydrogens (tertiary/aromatic N) is 1. The molecule has 1 aromatic rings. The van der Waals surface area contributed by atoms with Crippen molar-refractivity contribution in [1.29, 1.82) is 0 Å². The van der Waals surface area contributed by atoms with Crippen LogP contribution in [0.2, 0.25) is 0 Å². The summed E-state index contributed by atoms with van der Waals surface area (Å²) in [5.41, 5.74) is -0.0797. The van der Waals surface area contributed by atoms with Gasteiger partial charge in [-0.3, -0.25) is 4.79 Å². The van der Waals surface area contributed by atoms with E-state index in [1.807, 2.05) is 0 Å². The van der Waals surface area contributed by atoms with Crippen LogP contribution in [0.5, 0.6) is 0 Å². The topological polar surface area (TPSA) is 77.8 Å². The van der Waals surface area contributed by atoms with Gasteiger partial charge in [0.1, 0.15) is 11.6 Å². The Morgan fingerprint density at radius 1 is 1.30 bits per heavy atom. The number of carboxylic acid groups (broad SMARTS) is 1. The second-order valence-corrected chi connectivity index (χ2v) is 6.24. The van der Waals surface area contributed by atoms with Crippen LogP contribution in [0.25, 0.3) is 0 Å². The molecule has 0 bridgehead atoms. The number of carboxylic acids is 1.